The van der Waals surface area contributed by atoms with Gasteiger partial charge in [0.25, 0.3) is 0 Å². The molecule has 0 aliphatic carbocycles. The predicted molar refractivity (Wildman–Crippen MR) is 80.6 cm³/mol. The molecular formula is C15H25F3N2O4. The van der Waals surface area contributed by atoms with Crippen LogP contribution in [0.5, 0.6) is 0 Å². The first-order valence-corrected chi connectivity index (χ1v) is 7.77. The van der Waals surface area contributed by atoms with Crippen molar-refractivity contribution in [2.24, 2.45) is 17.6 Å². The molecule has 0 saturated heterocycles. The lowest BCUT2D eigenvalue weighted by atomic mass is 9.98. The van der Waals surface area contributed by atoms with Crippen LogP contribution >= 0.6 is 0 Å². The van der Waals surface area contributed by atoms with Gasteiger partial charge in [-0.05, 0) is 24.7 Å². The van der Waals surface area contributed by atoms with Gasteiger partial charge in [-0.2, -0.15) is 13.2 Å². The Bertz CT molecular complexity index is 452. The van der Waals surface area contributed by atoms with Crippen LogP contribution in [0.4, 0.5) is 13.2 Å². The summed E-state index contributed by atoms with van der Waals surface area (Å²) in [5.74, 6) is -4.68. The topological polar surface area (TPSA) is 98.5 Å². The van der Waals surface area contributed by atoms with Gasteiger partial charge in [0.1, 0.15) is 6.04 Å². The normalized spacial score (nSPS) is 15.5. The number of alkyl halides is 3. The summed E-state index contributed by atoms with van der Waals surface area (Å²) in [7, 11) is 0. The molecule has 2 unspecified atom stereocenters. The molecule has 3 N–H and O–H groups in total. The molecule has 0 aromatic carbocycles. The molecule has 24 heavy (non-hydrogen) atoms. The van der Waals surface area contributed by atoms with Crippen molar-refractivity contribution < 1.29 is 32.3 Å². The largest absolute Gasteiger partial charge is 0.491 e. The van der Waals surface area contributed by atoms with Gasteiger partial charge in [-0.3, -0.25) is 4.79 Å². The minimum Gasteiger partial charge on any atom is -0.385 e. The van der Waals surface area contributed by atoms with Gasteiger partial charge in [0.15, 0.2) is 0 Å². The summed E-state index contributed by atoms with van der Waals surface area (Å²) in [6.45, 7) is 7.27. The van der Waals surface area contributed by atoms with Crippen molar-refractivity contribution in [1.82, 2.24) is 5.32 Å². The van der Waals surface area contributed by atoms with Crippen LogP contribution in [0, 0.1) is 11.8 Å². The molecule has 1 amide bonds. The van der Waals surface area contributed by atoms with Crippen LogP contribution in [0.15, 0.2) is 0 Å². The minimum absolute atomic E-state index is 0.0423. The standard InChI is InChI=1S/C15H25F3N2O4/c1-5-9(4)7-11(13(22)24-14(23)15(16,17)18)20-12(21)10(19)6-8(2)3/h8-11H,5-7,19H2,1-4H3,(H,20,21)/t9?,10-,11?/m0/s1. The van der Waals surface area contributed by atoms with E-state index in [-0.39, 0.29) is 18.3 Å². The van der Waals surface area contributed by atoms with E-state index < -0.39 is 36.1 Å². The Morgan fingerprint density at radius 2 is 1.67 bits per heavy atom. The van der Waals surface area contributed by atoms with Crippen molar-refractivity contribution >= 4 is 17.8 Å². The monoisotopic (exact) mass is 354 g/mol. The molecule has 9 heteroatoms. The number of hydrogen-bond donors (Lipinski definition) is 2. The highest BCUT2D eigenvalue weighted by atomic mass is 19.4. The van der Waals surface area contributed by atoms with Crippen LogP contribution in [0.2, 0.25) is 0 Å². The van der Waals surface area contributed by atoms with Crippen LogP contribution in [0.3, 0.4) is 0 Å². The average Bonchev–Trinajstić information content (AvgIpc) is 2.44. The number of amides is 1. The summed E-state index contributed by atoms with van der Waals surface area (Å²) in [6.07, 6.45) is -4.27. The van der Waals surface area contributed by atoms with Crippen LogP contribution in [0.1, 0.15) is 47.0 Å². The molecular weight excluding hydrogens is 329 g/mol. The van der Waals surface area contributed by atoms with Crippen molar-refractivity contribution in [3.63, 3.8) is 0 Å². The van der Waals surface area contributed by atoms with E-state index in [0.29, 0.717) is 12.8 Å². The highest BCUT2D eigenvalue weighted by Crippen LogP contribution is 2.18. The second kappa shape index (κ2) is 9.61. The highest BCUT2D eigenvalue weighted by molar-refractivity contribution is 5.93. The van der Waals surface area contributed by atoms with Crippen molar-refractivity contribution in [1.29, 1.82) is 0 Å². The van der Waals surface area contributed by atoms with E-state index in [1.165, 1.54) is 0 Å². The Morgan fingerprint density at radius 3 is 2.08 bits per heavy atom. The van der Waals surface area contributed by atoms with E-state index >= 15 is 0 Å². The lowest BCUT2D eigenvalue weighted by Gasteiger charge is -2.22. The third kappa shape index (κ3) is 8.28. The Labute approximate surface area is 139 Å². The second-order valence-electron chi connectivity index (χ2n) is 6.25. The van der Waals surface area contributed by atoms with Gasteiger partial charge in [-0.15, -0.1) is 0 Å². The fourth-order valence-electron chi connectivity index (χ4n) is 1.90. The number of rotatable bonds is 8. The van der Waals surface area contributed by atoms with E-state index in [2.05, 4.69) is 10.1 Å². The van der Waals surface area contributed by atoms with Crippen LogP contribution < -0.4 is 11.1 Å². The molecule has 0 aliphatic heterocycles. The van der Waals surface area contributed by atoms with Gasteiger partial charge >= 0.3 is 18.1 Å². The van der Waals surface area contributed by atoms with E-state index in [1.807, 2.05) is 20.8 Å². The first-order chi connectivity index (χ1) is 10.9. The molecule has 0 spiro atoms. The molecule has 0 fully saturated rings. The number of halogens is 3. The van der Waals surface area contributed by atoms with E-state index in [0.717, 1.165) is 0 Å². The zero-order chi connectivity index (χ0) is 19.1. The Morgan fingerprint density at radius 1 is 1.12 bits per heavy atom. The Hall–Kier alpha value is -1.64. The third-order valence-corrected chi connectivity index (χ3v) is 3.42. The molecule has 3 atom stereocenters. The van der Waals surface area contributed by atoms with E-state index in [1.54, 1.807) is 6.92 Å². The van der Waals surface area contributed by atoms with Gasteiger partial charge in [0.05, 0.1) is 6.04 Å². The van der Waals surface area contributed by atoms with E-state index in [9.17, 15) is 27.6 Å². The molecule has 0 bridgehead atoms. The molecule has 0 aromatic rings. The summed E-state index contributed by atoms with van der Waals surface area (Å²) in [4.78, 5) is 34.6. The van der Waals surface area contributed by atoms with Crippen LogP contribution in [-0.2, 0) is 19.1 Å². The first-order valence-electron chi connectivity index (χ1n) is 7.77. The van der Waals surface area contributed by atoms with Gasteiger partial charge < -0.3 is 15.8 Å². The van der Waals surface area contributed by atoms with Gasteiger partial charge in [-0.1, -0.05) is 34.1 Å². The van der Waals surface area contributed by atoms with Crippen LogP contribution in [0.25, 0.3) is 0 Å². The summed E-state index contributed by atoms with van der Waals surface area (Å²) in [5.41, 5.74) is 5.69. The van der Waals surface area contributed by atoms with Gasteiger partial charge in [0, 0.05) is 0 Å². The van der Waals surface area contributed by atoms with Crippen molar-refractivity contribution in [2.45, 2.75) is 65.2 Å². The fourth-order valence-corrected chi connectivity index (χ4v) is 1.90. The maximum Gasteiger partial charge on any atom is 0.491 e. The zero-order valence-corrected chi connectivity index (χ0v) is 14.3. The minimum atomic E-state index is -5.28. The summed E-state index contributed by atoms with van der Waals surface area (Å²) < 4.78 is 40.4. The van der Waals surface area contributed by atoms with E-state index in [4.69, 9.17) is 5.73 Å². The molecule has 6 nitrogen and oxygen atoms in total. The lowest BCUT2D eigenvalue weighted by Crippen LogP contribution is -2.50. The number of nitrogens with one attached hydrogen (secondary N) is 1. The zero-order valence-electron chi connectivity index (χ0n) is 14.3. The number of hydrogen-bond acceptors (Lipinski definition) is 5. The highest BCUT2D eigenvalue weighted by Gasteiger charge is 2.43. The molecule has 0 heterocycles. The van der Waals surface area contributed by atoms with Crippen LogP contribution in [-0.4, -0.2) is 36.1 Å². The summed E-state index contributed by atoms with van der Waals surface area (Å²) >= 11 is 0. The second-order valence-corrected chi connectivity index (χ2v) is 6.25. The smallest absolute Gasteiger partial charge is 0.385 e. The number of esters is 2. The number of carbonyl (C=O) groups is 3. The number of nitrogens with two attached hydrogens (primary N) is 1. The lowest BCUT2D eigenvalue weighted by molar-refractivity contribution is -0.202. The molecule has 0 aromatic heterocycles. The first kappa shape index (κ1) is 22.4. The molecule has 0 rings (SSSR count). The quantitative estimate of drug-likeness (QED) is 0.512. The molecule has 0 aliphatic rings. The Balaban J connectivity index is 5.00. The maximum absolute atomic E-state index is 12.2. The fraction of sp³-hybridized carbons (Fsp3) is 0.800. The Kier molecular flexibility index (Phi) is 8.95. The third-order valence-electron chi connectivity index (χ3n) is 3.42. The van der Waals surface area contributed by atoms with Crippen molar-refractivity contribution in [2.75, 3.05) is 0 Å². The predicted octanol–water partition coefficient (Wildman–Crippen LogP) is 1.91. The number of carbonyl (C=O) groups excluding carboxylic acids is 3. The molecule has 0 saturated carbocycles. The average molecular weight is 354 g/mol. The van der Waals surface area contributed by atoms with Crippen molar-refractivity contribution in [3.8, 4) is 0 Å². The molecule has 0 radical (unpaired) electrons. The molecule has 140 valence electrons. The maximum atomic E-state index is 12.2. The summed E-state index contributed by atoms with van der Waals surface area (Å²) in [5, 5.41) is 2.29. The van der Waals surface area contributed by atoms with Gasteiger partial charge in [-0.25, -0.2) is 9.59 Å². The summed E-state index contributed by atoms with van der Waals surface area (Å²) in [6, 6.07) is -2.27. The van der Waals surface area contributed by atoms with Crippen molar-refractivity contribution in [3.05, 3.63) is 0 Å². The number of ether oxygens (including phenoxy) is 1. The van der Waals surface area contributed by atoms with Gasteiger partial charge in [0.2, 0.25) is 5.91 Å². The SMILES string of the molecule is CCC(C)CC(NC(=O)[C@@H](N)CC(C)C)C(=O)OC(=O)C(F)(F)F.